The molecule has 1 rings (SSSR count). The lowest BCUT2D eigenvalue weighted by Crippen LogP contribution is -2.34. The molecule has 1 saturated carbocycles. The SMILES string of the molecule is CCCCCCCCCCCCCCCCCCC(CCC)NCC1CCCCC1. The number of nitrogens with one attached hydrogen (secondary N) is 1. The lowest BCUT2D eigenvalue weighted by Gasteiger charge is -2.25. The van der Waals surface area contributed by atoms with E-state index < -0.39 is 0 Å². The summed E-state index contributed by atoms with van der Waals surface area (Å²) >= 11 is 0. The zero-order valence-corrected chi connectivity index (χ0v) is 21.3. The van der Waals surface area contributed by atoms with Crippen LogP contribution in [0.25, 0.3) is 0 Å². The average molecular weight is 422 g/mol. The highest BCUT2D eigenvalue weighted by molar-refractivity contribution is 4.72. The fraction of sp³-hybridized carbons (Fsp3) is 1.00. The zero-order chi connectivity index (χ0) is 21.5. The zero-order valence-electron chi connectivity index (χ0n) is 21.3. The maximum Gasteiger partial charge on any atom is 0.00670 e. The quantitative estimate of drug-likeness (QED) is 0.171. The Morgan fingerprint density at radius 3 is 1.47 bits per heavy atom. The summed E-state index contributed by atoms with van der Waals surface area (Å²) in [6, 6.07) is 0.795. The molecule has 1 aliphatic rings. The molecule has 0 aromatic carbocycles. The third kappa shape index (κ3) is 17.6. The van der Waals surface area contributed by atoms with Crippen molar-refractivity contribution >= 4 is 0 Å². The van der Waals surface area contributed by atoms with Gasteiger partial charge in [-0.05, 0) is 38.1 Å². The Morgan fingerprint density at radius 1 is 0.533 bits per heavy atom. The molecular formula is C29H59N. The van der Waals surface area contributed by atoms with Crippen molar-refractivity contribution in [3.8, 4) is 0 Å². The number of unbranched alkanes of at least 4 members (excludes halogenated alkanes) is 15. The van der Waals surface area contributed by atoms with Crippen LogP contribution in [0.15, 0.2) is 0 Å². The van der Waals surface area contributed by atoms with Crippen LogP contribution in [-0.4, -0.2) is 12.6 Å². The molecule has 1 aliphatic carbocycles. The molecular weight excluding hydrogens is 362 g/mol. The molecule has 180 valence electrons. The Kier molecular flexibility index (Phi) is 20.7. The van der Waals surface area contributed by atoms with E-state index in [1.807, 2.05) is 0 Å². The molecule has 1 unspecified atom stereocenters. The summed E-state index contributed by atoms with van der Waals surface area (Å²) in [4.78, 5) is 0. The molecule has 1 nitrogen and oxygen atoms in total. The van der Waals surface area contributed by atoms with Gasteiger partial charge in [0.05, 0.1) is 0 Å². The van der Waals surface area contributed by atoms with Crippen molar-refractivity contribution in [1.82, 2.24) is 5.32 Å². The maximum atomic E-state index is 3.94. The lowest BCUT2D eigenvalue weighted by atomic mass is 9.89. The normalized spacial score (nSPS) is 16.2. The summed E-state index contributed by atoms with van der Waals surface area (Å²) in [7, 11) is 0. The Labute approximate surface area is 192 Å². The van der Waals surface area contributed by atoms with Gasteiger partial charge in [-0.15, -0.1) is 0 Å². The molecule has 1 N–H and O–H groups in total. The van der Waals surface area contributed by atoms with E-state index in [2.05, 4.69) is 19.2 Å². The van der Waals surface area contributed by atoms with Crippen LogP contribution in [0.5, 0.6) is 0 Å². The van der Waals surface area contributed by atoms with Crippen LogP contribution in [0.4, 0.5) is 0 Å². The van der Waals surface area contributed by atoms with Crippen LogP contribution < -0.4 is 5.32 Å². The molecule has 0 aromatic heterocycles. The summed E-state index contributed by atoms with van der Waals surface area (Å²) in [5.41, 5.74) is 0. The van der Waals surface area contributed by atoms with Crippen LogP contribution in [0.2, 0.25) is 0 Å². The van der Waals surface area contributed by atoms with Crippen LogP contribution in [0.3, 0.4) is 0 Å². The summed E-state index contributed by atoms with van der Waals surface area (Å²) in [6.07, 6.45) is 35.0. The van der Waals surface area contributed by atoms with Gasteiger partial charge in [-0.3, -0.25) is 0 Å². The van der Waals surface area contributed by atoms with Gasteiger partial charge in [-0.25, -0.2) is 0 Å². The topological polar surface area (TPSA) is 12.0 Å². The molecule has 1 fully saturated rings. The van der Waals surface area contributed by atoms with Gasteiger partial charge >= 0.3 is 0 Å². The molecule has 1 heteroatoms. The first kappa shape index (κ1) is 28.0. The van der Waals surface area contributed by atoms with Gasteiger partial charge in [0.25, 0.3) is 0 Å². The van der Waals surface area contributed by atoms with Crippen molar-refractivity contribution in [2.24, 2.45) is 5.92 Å². The molecule has 30 heavy (non-hydrogen) atoms. The first-order chi connectivity index (χ1) is 14.9. The predicted octanol–water partition coefficient (Wildman–Crippen LogP) is 9.98. The van der Waals surface area contributed by atoms with Gasteiger partial charge in [0.2, 0.25) is 0 Å². The largest absolute Gasteiger partial charge is 0.314 e. The van der Waals surface area contributed by atoms with E-state index in [9.17, 15) is 0 Å². The van der Waals surface area contributed by atoms with Gasteiger partial charge < -0.3 is 5.32 Å². The van der Waals surface area contributed by atoms with Crippen molar-refractivity contribution in [2.45, 2.75) is 174 Å². The van der Waals surface area contributed by atoms with Crippen LogP contribution in [-0.2, 0) is 0 Å². The first-order valence-corrected chi connectivity index (χ1v) is 14.6. The fourth-order valence-electron chi connectivity index (χ4n) is 5.36. The van der Waals surface area contributed by atoms with Crippen LogP contribution >= 0.6 is 0 Å². The second-order valence-corrected chi connectivity index (χ2v) is 10.5. The maximum absolute atomic E-state index is 3.94. The summed E-state index contributed by atoms with van der Waals surface area (Å²) in [5.74, 6) is 0.976. The van der Waals surface area contributed by atoms with Gasteiger partial charge in [0.1, 0.15) is 0 Å². The monoisotopic (exact) mass is 421 g/mol. The number of hydrogen-bond donors (Lipinski definition) is 1. The van der Waals surface area contributed by atoms with E-state index >= 15 is 0 Å². The average Bonchev–Trinajstić information content (AvgIpc) is 2.77. The second kappa shape index (κ2) is 22.2. The Balaban J connectivity index is 1.82. The molecule has 0 radical (unpaired) electrons. The minimum Gasteiger partial charge on any atom is -0.314 e. The fourth-order valence-corrected chi connectivity index (χ4v) is 5.36. The van der Waals surface area contributed by atoms with Crippen LogP contribution in [0.1, 0.15) is 168 Å². The highest BCUT2D eigenvalue weighted by Gasteiger charge is 2.15. The molecule has 0 aliphatic heterocycles. The summed E-state index contributed by atoms with van der Waals surface area (Å²) in [6.45, 7) is 5.95. The number of rotatable bonds is 22. The van der Waals surface area contributed by atoms with Crippen molar-refractivity contribution in [3.63, 3.8) is 0 Å². The van der Waals surface area contributed by atoms with Crippen molar-refractivity contribution in [3.05, 3.63) is 0 Å². The molecule has 1 atom stereocenters. The molecule has 0 amide bonds. The van der Waals surface area contributed by atoms with Crippen molar-refractivity contribution in [1.29, 1.82) is 0 Å². The third-order valence-corrected chi connectivity index (χ3v) is 7.46. The van der Waals surface area contributed by atoms with E-state index in [0.29, 0.717) is 0 Å². The molecule has 0 aromatic rings. The Hall–Kier alpha value is -0.0400. The molecule has 0 heterocycles. The van der Waals surface area contributed by atoms with Gasteiger partial charge in [0, 0.05) is 6.04 Å². The third-order valence-electron chi connectivity index (χ3n) is 7.46. The second-order valence-electron chi connectivity index (χ2n) is 10.5. The van der Waals surface area contributed by atoms with Crippen LogP contribution in [0, 0.1) is 5.92 Å². The highest BCUT2D eigenvalue weighted by Crippen LogP contribution is 2.23. The molecule has 0 saturated heterocycles. The minimum absolute atomic E-state index is 0.795. The minimum atomic E-state index is 0.795. The summed E-state index contributed by atoms with van der Waals surface area (Å²) in [5, 5.41) is 3.94. The number of hydrogen-bond acceptors (Lipinski definition) is 1. The van der Waals surface area contributed by atoms with Crippen molar-refractivity contribution in [2.75, 3.05) is 6.54 Å². The lowest BCUT2D eigenvalue weighted by molar-refractivity contribution is 0.314. The van der Waals surface area contributed by atoms with Gasteiger partial charge in [0.15, 0.2) is 0 Å². The molecule has 0 bridgehead atoms. The summed E-state index contributed by atoms with van der Waals surface area (Å²) < 4.78 is 0. The van der Waals surface area contributed by atoms with E-state index in [4.69, 9.17) is 0 Å². The smallest absolute Gasteiger partial charge is 0.00670 e. The van der Waals surface area contributed by atoms with E-state index in [1.54, 1.807) is 0 Å². The van der Waals surface area contributed by atoms with E-state index in [0.717, 1.165) is 12.0 Å². The standard InChI is InChI=1S/C29H59N/c1-3-5-6-7-8-9-10-11-12-13-14-15-16-17-18-22-26-29(23-4-2)30-27-28-24-20-19-21-25-28/h28-30H,3-27H2,1-2H3. The molecule has 0 spiro atoms. The Morgan fingerprint density at radius 2 is 1.00 bits per heavy atom. The highest BCUT2D eigenvalue weighted by atomic mass is 14.9. The predicted molar refractivity (Wildman–Crippen MR) is 137 cm³/mol. The van der Waals surface area contributed by atoms with E-state index in [1.165, 1.54) is 161 Å². The van der Waals surface area contributed by atoms with Gasteiger partial charge in [-0.1, -0.05) is 142 Å². The van der Waals surface area contributed by atoms with Crippen molar-refractivity contribution < 1.29 is 0 Å². The first-order valence-electron chi connectivity index (χ1n) is 14.6. The van der Waals surface area contributed by atoms with Gasteiger partial charge in [-0.2, -0.15) is 0 Å². The van der Waals surface area contributed by atoms with E-state index in [-0.39, 0.29) is 0 Å². The Bertz CT molecular complexity index is 320.